The molecule has 0 amide bonds. The number of nitrogens with one attached hydrogen (secondary N) is 1. The number of rotatable bonds is 0. The summed E-state index contributed by atoms with van der Waals surface area (Å²) in [7, 11) is 0. The van der Waals surface area contributed by atoms with E-state index in [0.29, 0.717) is 6.54 Å². The topological polar surface area (TPSA) is 29.1 Å². The lowest BCUT2D eigenvalue weighted by molar-refractivity contribution is 0.0979. The second-order valence-corrected chi connectivity index (χ2v) is 2.88. The average Bonchev–Trinajstić information content (AvgIpc) is 2.12. The first-order chi connectivity index (χ1) is 6.20. The number of hydrogen-bond acceptors (Lipinski definition) is 2. The number of hydrogen-bond donors (Lipinski definition) is 1. The number of carbonyl (C=O) groups is 1. The molecular formula is C9H7F2NO. The summed E-state index contributed by atoms with van der Waals surface area (Å²) in [5.41, 5.74) is -0.150. The van der Waals surface area contributed by atoms with Gasteiger partial charge in [0.05, 0.1) is 11.3 Å². The normalized spacial score (nSPS) is 15.1. The predicted octanol–water partition coefficient (Wildman–Crippen LogP) is 1.96. The summed E-state index contributed by atoms with van der Waals surface area (Å²) in [5.74, 6) is -1.58. The van der Waals surface area contributed by atoms with Gasteiger partial charge in [0, 0.05) is 13.0 Å². The number of Topliss-reactive ketones (excluding diaryl/α,β-unsaturated/α-hetero) is 1. The summed E-state index contributed by atoms with van der Waals surface area (Å²) in [6.45, 7) is 0.367. The van der Waals surface area contributed by atoms with Crippen molar-refractivity contribution in [2.75, 3.05) is 11.9 Å². The van der Waals surface area contributed by atoms with E-state index < -0.39 is 11.6 Å². The largest absolute Gasteiger partial charge is 0.382 e. The number of ketones is 1. The quantitative estimate of drug-likeness (QED) is 0.666. The van der Waals surface area contributed by atoms with Gasteiger partial charge in [0.1, 0.15) is 11.6 Å². The van der Waals surface area contributed by atoms with Crippen molar-refractivity contribution >= 4 is 11.5 Å². The Morgan fingerprint density at radius 3 is 2.62 bits per heavy atom. The first kappa shape index (κ1) is 8.16. The lowest BCUT2D eigenvalue weighted by atomic mass is 10.0. The maximum atomic E-state index is 13.1. The summed E-state index contributed by atoms with van der Waals surface area (Å²) in [6.07, 6.45) is 0.216. The third-order valence-corrected chi connectivity index (χ3v) is 2.04. The molecule has 1 aromatic carbocycles. The van der Waals surface area contributed by atoms with Crippen LogP contribution in [0.5, 0.6) is 0 Å². The molecule has 1 aliphatic rings. The van der Waals surface area contributed by atoms with Crippen molar-refractivity contribution in [3.63, 3.8) is 0 Å². The minimum atomic E-state index is -0.659. The van der Waals surface area contributed by atoms with Gasteiger partial charge in [-0.15, -0.1) is 0 Å². The molecule has 0 unspecified atom stereocenters. The third kappa shape index (κ3) is 1.18. The average molecular weight is 183 g/mol. The molecule has 0 bridgehead atoms. The highest BCUT2D eigenvalue weighted by atomic mass is 19.1. The van der Waals surface area contributed by atoms with Crippen LogP contribution in [0.15, 0.2) is 12.1 Å². The summed E-state index contributed by atoms with van der Waals surface area (Å²) >= 11 is 0. The molecule has 13 heavy (non-hydrogen) atoms. The lowest BCUT2D eigenvalue weighted by Crippen LogP contribution is -2.20. The number of fused-ring (bicyclic) bond motifs is 1. The molecular weight excluding hydrogens is 176 g/mol. The van der Waals surface area contributed by atoms with Gasteiger partial charge in [0.25, 0.3) is 0 Å². The van der Waals surface area contributed by atoms with Crippen LogP contribution < -0.4 is 5.32 Å². The summed E-state index contributed by atoms with van der Waals surface area (Å²) in [5, 5.41) is 2.67. The first-order valence-electron chi connectivity index (χ1n) is 3.95. The monoisotopic (exact) mass is 183 g/mol. The Bertz CT molecular complexity index is 376. The van der Waals surface area contributed by atoms with Gasteiger partial charge in [0.15, 0.2) is 5.78 Å². The molecule has 0 aliphatic carbocycles. The fourth-order valence-electron chi connectivity index (χ4n) is 1.42. The van der Waals surface area contributed by atoms with Gasteiger partial charge in [-0.3, -0.25) is 4.79 Å². The van der Waals surface area contributed by atoms with Crippen molar-refractivity contribution in [3.8, 4) is 0 Å². The van der Waals surface area contributed by atoms with Crippen LogP contribution in [0.1, 0.15) is 16.8 Å². The van der Waals surface area contributed by atoms with Crippen molar-refractivity contribution in [2.45, 2.75) is 6.42 Å². The van der Waals surface area contributed by atoms with Crippen LogP contribution in [0.4, 0.5) is 14.5 Å². The molecule has 2 rings (SSSR count). The minimum Gasteiger partial charge on any atom is -0.382 e. The first-order valence-corrected chi connectivity index (χ1v) is 3.95. The van der Waals surface area contributed by atoms with E-state index in [1.165, 1.54) is 0 Å². The van der Waals surface area contributed by atoms with E-state index in [2.05, 4.69) is 5.32 Å². The Kier molecular flexibility index (Phi) is 1.76. The third-order valence-electron chi connectivity index (χ3n) is 2.04. The van der Waals surface area contributed by atoms with Crippen molar-refractivity contribution in [1.29, 1.82) is 0 Å². The van der Waals surface area contributed by atoms with Crippen LogP contribution in [-0.4, -0.2) is 12.3 Å². The maximum absolute atomic E-state index is 13.1. The fraction of sp³-hybridized carbons (Fsp3) is 0.222. The van der Waals surface area contributed by atoms with E-state index in [1.807, 2.05) is 0 Å². The highest BCUT2D eigenvalue weighted by molar-refractivity contribution is 6.03. The number of carbonyl (C=O) groups excluding carboxylic acids is 1. The van der Waals surface area contributed by atoms with E-state index >= 15 is 0 Å². The molecule has 2 nitrogen and oxygen atoms in total. The van der Waals surface area contributed by atoms with Gasteiger partial charge >= 0.3 is 0 Å². The van der Waals surface area contributed by atoms with Crippen molar-refractivity contribution in [1.82, 2.24) is 0 Å². The van der Waals surface area contributed by atoms with Crippen molar-refractivity contribution in [2.24, 2.45) is 0 Å². The van der Waals surface area contributed by atoms with Gasteiger partial charge in [0.2, 0.25) is 0 Å². The number of anilines is 1. The molecule has 0 radical (unpaired) electrons. The van der Waals surface area contributed by atoms with Crippen LogP contribution in [0, 0.1) is 11.6 Å². The van der Waals surface area contributed by atoms with Crippen LogP contribution in [0.25, 0.3) is 0 Å². The molecule has 0 fully saturated rings. The maximum Gasteiger partial charge on any atom is 0.169 e. The predicted molar refractivity (Wildman–Crippen MR) is 43.8 cm³/mol. The van der Waals surface area contributed by atoms with Gasteiger partial charge < -0.3 is 5.32 Å². The summed E-state index contributed by atoms with van der Waals surface area (Å²) < 4.78 is 26.1. The van der Waals surface area contributed by atoms with Gasteiger partial charge in [-0.1, -0.05) is 0 Å². The second kappa shape index (κ2) is 2.80. The lowest BCUT2D eigenvalue weighted by Gasteiger charge is -2.17. The zero-order chi connectivity index (χ0) is 9.42. The second-order valence-electron chi connectivity index (χ2n) is 2.88. The number of halogens is 2. The van der Waals surface area contributed by atoms with Crippen LogP contribution in [0.3, 0.4) is 0 Å². The fourth-order valence-corrected chi connectivity index (χ4v) is 1.42. The van der Waals surface area contributed by atoms with Crippen molar-refractivity contribution in [3.05, 3.63) is 29.3 Å². The van der Waals surface area contributed by atoms with Gasteiger partial charge in [-0.05, 0) is 12.1 Å². The molecule has 0 saturated carbocycles. The van der Waals surface area contributed by atoms with E-state index in [0.717, 1.165) is 12.1 Å². The zero-order valence-electron chi connectivity index (χ0n) is 6.73. The summed E-state index contributed by atoms with van der Waals surface area (Å²) in [4.78, 5) is 11.2. The molecule has 68 valence electrons. The standard InChI is InChI=1S/C9H7F2NO/c10-5-1-2-6(11)9-8(5)7(13)3-4-12-9/h1-2,12H,3-4H2. The molecule has 1 aromatic rings. The van der Waals surface area contributed by atoms with Crippen LogP contribution >= 0.6 is 0 Å². The Hall–Kier alpha value is -1.45. The van der Waals surface area contributed by atoms with Crippen molar-refractivity contribution < 1.29 is 13.6 Å². The Labute approximate surface area is 73.6 Å². The Balaban J connectivity index is 2.67. The highest BCUT2D eigenvalue weighted by Gasteiger charge is 2.23. The van der Waals surface area contributed by atoms with E-state index in [-0.39, 0.29) is 23.5 Å². The van der Waals surface area contributed by atoms with Gasteiger partial charge in [-0.25, -0.2) is 8.78 Å². The molecule has 0 atom stereocenters. The molecule has 1 N–H and O–H groups in total. The molecule has 0 saturated heterocycles. The Morgan fingerprint density at radius 1 is 1.23 bits per heavy atom. The Morgan fingerprint density at radius 2 is 1.92 bits per heavy atom. The minimum absolute atomic E-state index is 0.00347. The van der Waals surface area contributed by atoms with E-state index in [9.17, 15) is 13.6 Å². The SMILES string of the molecule is O=C1CCNc2c(F)ccc(F)c21. The van der Waals surface area contributed by atoms with E-state index in [1.54, 1.807) is 0 Å². The molecule has 0 aromatic heterocycles. The van der Waals surface area contributed by atoms with E-state index in [4.69, 9.17) is 0 Å². The smallest absolute Gasteiger partial charge is 0.169 e. The molecule has 4 heteroatoms. The van der Waals surface area contributed by atoms with Crippen LogP contribution in [0.2, 0.25) is 0 Å². The van der Waals surface area contributed by atoms with Gasteiger partial charge in [-0.2, -0.15) is 0 Å². The molecule has 0 spiro atoms. The molecule has 1 heterocycles. The highest BCUT2D eigenvalue weighted by Crippen LogP contribution is 2.27. The number of benzene rings is 1. The summed E-state index contributed by atoms with van der Waals surface area (Å²) in [6, 6.07) is 1.98. The zero-order valence-corrected chi connectivity index (χ0v) is 6.73. The van der Waals surface area contributed by atoms with Crippen LogP contribution in [-0.2, 0) is 0 Å². The molecule has 1 aliphatic heterocycles.